The second-order valence-electron chi connectivity index (χ2n) is 5.45. The molecule has 0 atom stereocenters. The largest absolute Gasteiger partial charge is 0.493 e. The molecule has 17 heavy (non-hydrogen) atoms. The molecular weight excluding hydrogens is 210 g/mol. The van der Waals surface area contributed by atoms with Gasteiger partial charge in [-0.2, -0.15) is 0 Å². The lowest BCUT2D eigenvalue weighted by molar-refractivity contribution is 0.313. The summed E-state index contributed by atoms with van der Waals surface area (Å²) in [6.07, 6.45) is 1.04. The Balaban J connectivity index is 2.99. The van der Waals surface area contributed by atoms with Gasteiger partial charge in [0.05, 0.1) is 6.61 Å². The Hall–Kier alpha value is -1.02. The Bertz CT molecular complexity index is 352. The molecule has 0 aliphatic heterocycles. The van der Waals surface area contributed by atoms with Crippen molar-refractivity contribution in [1.82, 2.24) is 5.32 Å². The molecule has 0 radical (unpaired) electrons. The molecule has 0 spiro atoms. The second-order valence-corrected chi connectivity index (χ2v) is 5.45. The minimum atomic E-state index is 0.186. The predicted molar refractivity (Wildman–Crippen MR) is 73.7 cm³/mol. The van der Waals surface area contributed by atoms with E-state index in [1.165, 1.54) is 11.1 Å². The molecule has 1 rings (SSSR count). The predicted octanol–water partition coefficient (Wildman–Crippen LogP) is 3.49. The van der Waals surface area contributed by atoms with Gasteiger partial charge in [-0.3, -0.25) is 0 Å². The minimum absolute atomic E-state index is 0.186. The summed E-state index contributed by atoms with van der Waals surface area (Å²) < 4.78 is 5.77. The molecule has 1 N–H and O–H groups in total. The Morgan fingerprint density at radius 2 is 1.94 bits per heavy atom. The summed E-state index contributed by atoms with van der Waals surface area (Å²) in [6.45, 7) is 10.5. The molecule has 0 bridgehead atoms. The molecular formula is C15H25NO. The van der Waals surface area contributed by atoms with Crippen molar-refractivity contribution in [2.24, 2.45) is 0 Å². The van der Waals surface area contributed by atoms with Crippen LogP contribution in [0.4, 0.5) is 0 Å². The molecule has 0 fully saturated rings. The van der Waals surface area contributed by atoms with Gasteiger partial charge in [0, 0.05) is 12.1 Å². The van der Waals surface area contributed by atoms with E-state index in [-0.39, 0.29) is 5.41 Å². The number of benzene rings is 1. The van der Waals surface area contributed by atoms with Gasteiger partial charge in [0.1, 0.15) is 5.75 Å². The lowest BCUT2D eigenvalue weighted by Gasteiger charge is -2.21. The van der Waals surface area contributed by atoms with Crippen molar-refractivity contribution in [2.75, 3.05) is 13.7 Å². The van der Waals surface area contributed by atoms with E-state index in [2.05, 4.69) is 51.2 Å². The normalized spacial score (nSPS) is 11.6. The van der Waals surface area contributed by atoms with Crippen LogP contribution in [0.3, 0.4) is 0 Å². The topological polar surface area (TPSA) is 21.3 Å². The van der Waals surface area contributed by atoms with Crippen molar-refractivity contribution < 1.29 is 4.74 Å². The summed E-state index contributed by atoms with van der Waals surface area (Å²) >= 11 is 0. The third-order valence-corrected chi connectivity index (χ3v) is 2.76. The zero-order chi connectivity index (χ0) is 12.9. The van der Waals surface area contributed by atoms with Crippen molar-refractivity contribution in [3.8, 4) is 5.75 Å². The molecule has 0 heterocycles. The summed E-state index contributed by atoms with van der Waals surface area (Å²) in [4.78, 5) is 0. The smallest absolute Gasteiger partial charge is 0.123 e. The summed E-state index contributed by atoms with van der Waals surface area (Å²) in [5, 5.41) is 3.20. The first-order valence-electron chi connectivity index (χ1n) is 6.40. The van der Waals surface area contributed by atoms with Crippen LogP contribution in [-0.4, -0.2) is 13.7 Å². The fraction of sp³-hybridized carbons (Fsp3) is 0.600. The highest BCUT2D eigenvalue weighted by atomic mass is 16.5. The molecule has 0 aliphatic rings. The van der Waals surface area contributed by atoms with Crippen LogP contribution in [0.5, 0.6) is 5.75 Å². The van der Waals surface area contributed by atoms with Gasteiger partial charge >= 0.3 is 0 Å². The maximum absolute atomic E-state index is 5.77. The summed E-state index contributed by atoms with van der Waals surface area (Å²) in [6, 6.07) is 6.52. The van der Waals surface area contributed by atoms with Gasteiger partial charge in [-0.25, -0.2) is 0 Å². The van der Waals surface area contributed by atoms with Gasteiger partial charge in [0.15, 0.2) is 0 Å². The third-order valence-electron chi connectivity index (χ3n) is 2.76. The molecule has 96 valence electrons. The van der Waals surface area contributed by atoms with Gasteiger partial charge in [-0.05, 0) is 30.5 Å². The van der Waals surface area contributed by atoms with Crippen LogP contribution in [-0.2, 0) is 12.0 Å². The van der Waals surface area contributed by atoms with E-state index in [4.69, 9.17) is 4.74 Å². The van der Waals surface area contributed by atoms with Crippen LogP contribution in [0.15, 0.2) is 18.2 Å². The second kappa shape index (κ2) is 6.06. The zero-order valence-electron chi connectivity index (χ0n) is 11.8. The highest BCUT2D eigenvalue weighted by Gasteiger charge is 2.15. The first kappa shape index (κ1) is 14.0. The van der Waals surface area contributed by atoms with Crippen LogP contribution in [0.2, 0.25) is 0 Å². The van der Waals surface area contributed by atoms with Gasteiger partial charge in [0.2, 0.25) is 0 Å². The van der Waals surface area contributed by atoms with Crippen molar-refractivity contribution >= 4 is 0 Å². The van der Waals surface area contributed by atoms with E-state index < -0.39 is 0 Å². The third kappa shape index (κ3) is 4.04. The van der Waals surface area contributed by atoms with E-state index in [1.54, 1.807) is 0 Å². The Morgan fingerprint density at radius 1 is 1.24 bits per heavy atom. The molecule has 0 aliphatic carbocycles. The number of ether oxygens (including phenoxy) is 1. The van der Waals surface area contributed by atoms with Gasteiger partial charge in [-0.1, -0.05) is 39.8 Å². The van der Waals surface area contributed by atoms with Crippen molar-refractivity contribution in [3.63, 3.8) is 0 Å². The average molecular weight is 235 g/mol. The van der Waals surface area contributed by atoms with E-state index in [1.807, 2.05) is 7.05 Å². The first-order valence-corrected chi connectivity index (χ1v) is 6.40. The number of hydrogen-bond acceptors (Lipinski definition) is 2. The van der Waals surface area contributed by atoms with Crippen molar-refractivity contribution in [1.29, 1.82) is 0 Å². The molecule has 1 aromatic rings. The molecule has 0 saturated carbocycles. The SMILES string of the molecule is CCCOc1ccc(C(C)(C)C)cc1CNC. The van der Waals surface area contributed by atoms with Gasteiger partial charge in [-0.15, -0.1) is 0 Å². The first-order chi connectivity index (χ1) is 7.99. The van der Waals surface area contributed by atoms with Crippen LogP contribution in [0, 0.1) is 0 Å². The molecule has 0 amide bonds. The summed E-state index contributed by atoms with van der Waals surface area (Å²) in [5.74, 6) is 1.01. The zero-order valence-corrected chi connectivity index (χ0v) is 11.8. The van der Waals surface area contributed by atoms with E-state index >= 15 is 0 Å². The minimum Gasteiger partial charge on any atom is -0.493 e. The van der Waals surface area contributed by atoms with E-state index in [0.717, 1.165) is 25.3 Å². The van der Waals surface area contributed by atoms with E-state index in [0.29, 0.717) is 0 Å². The molecule has 1 aromatic carbocycles. The molecule has 2 nitrogen and oxygen atoms in total. The number of rotatable bonds is 5. The van der Waals surface area contributed by atoms with E-state index in [9.17, 15) is 0 Å². The highest BCUT2D eigenvalue weighted by Crippen LogP contribution is 2.28. The Labute approximate surface area is 105 Å². The van der Waals surface area contributed by atoms with Crippen LogP contribution < -0.4 is 10.1 Å². The molecule has 0 unspecified atom stereocenters. The molecule has 2 heteroatoms. The van der Waals surface area contributed by atoms with Crippen LogP contribution in [0.25, 0.3) is 0 Å². The van der Waals surface area contributed by atoms with Crippen molar-refractivity contribution in [2.45, 2.75) is 46.1 Å². The number of hydrogen-bond donors (Lipinski definition) is 1. The maximum atomic E-state index is 5.77. The monoisotopic (exact) mass is 235 g/mol. The van der Waals surface area contributed by atoms with Crippen LogP contribution >= 0.6 is 0 Å². The summed E-state index contributed by atoms with van der Waals surface area (Å²) in [5.41, 5.74) is 2.78. The van der Waals surface area contributed by atoms with Crippen molar-refractivity contribution in [3.05, 3.63) is 29.3 Å². The number of nitrogens with one attached hydrogen (secondary N) is 1. The fourth-order valence-electron chi connectivity index (χ4n) is 1.73. The van der Waals surface area contributed by atoms with Crippen LogP contribution in [0.1, 0.15) is 45.2 Å². The average Bonchev–Trinajstić information content (AvgIpc) is 2.26. The maximum Gasteiger partial charge on any atom is 0.123 e. The fourth-order valence-corrected chi connectivity index (χ4v) is 1.73. The summed E-state index contributed by atoms with van der Waals surface area (Å²) in [7, 11) is 1.97. The molecule has 0 aromatic heterocycles. The quantitative estimate of drug-likeness (QED) is 0.843. The van der Waals surface area contributed by atoms with Gasteiger partial charge in [0.25, 0.3) is 0 Å². The Kier molecular flexibility index (Phi) is 5.01. The Morgan fingerprint density at radius 3 is 2.47 bits per heavy atom. The lowest BCUT2D eigenvalue weighted by atomic mass is 9.86. The standard InChI is InChI=1S/C15H25NO/c1-6-9-17-14-8-7-13(15(2,3)4)10-12(14)11-16-5/h7-8,10,16H,6,9,11H2,1-5H3. The highest BCUT2D eigenvalue weighted by molar-refractivity contribution is 5.39. The van der Waals surface area contributed by atoms with Gasteiger partial charge < -0.3 is 10.1 Å². The lowest BCUT2D eigenvalue weighted by Crippen LogP contribution is -2.14. The molecule has 0 saturated heterocycles.